The average molecular weight is 390 g/mol. The number of aliphatic hydroxyl groups excluding tert-OH is 1. The zero-order chi connectivity index (χ0) is 20.7. The van der Waals surface area contributed by atoms with Gasteiger partial charge in [-0.15, -0.1) is 0 Å². The van der Waals surface area contributed by atoms with Crippen molar-refractivity contribution in [2.75, 3.05) is 0 Å². The van der Waals surface area contributed by atoms with Crippen LogP contribution in [0.5, 0.6) is 5.75 Å². The fourth-order valence-electron chi connectivity index (χ4n) is 5.09. The number of rotatable bonds is 6. The fraction of sp³-hybridized carbons (Fsp3) is 0.636. The van der Waals surface area contributed by atoms with Gasteiger partial charge in [0.15, 0.2) is 12.4 Å². The second-order valence-electron chi connectivity index (χ2n) is 8.87. The van der Waals surface area contributed by atoms with Crippen LogP contribution in [0.4, 0.5) is 0 Å². The molecule has 0 bridgehead atoms. The van der Waals surface area contributed by atoms with E-state index in [1.807, 2.05) is 0 Å². The number of hydrogen-bond acceptors (Lipinski definition) is 6. The van der Waals surface area contributed by atoms with Crippen molar-refractivity contribution in [2.24, 2.45) is 17.3 Å². The van der Waals surface area contributed by atoms with E-state index >= 15 is 0 Å². The lowest BCUT2D eigenvalue weighted by atomic mass is 9.68. The molecule has 1 unspecified atom stereocenters. The largest absolute Gasteiger partial charge is 0.508 e. The van der Waals surface area contributed by atoms with Crippen molar-refractivity contribution in [2.45, 2.75) is 71.4 Å². The first-order chi connectivity index (χ1) is 13.1. The molecule has 2 N–H and O–H groups in total. The summed E-state index contributed by atoms with van der Waals surface area (Å²) in [4.78, 5) is 24.3. The molecule has 3 rings (SSSR count). The minimum Gasteiger partial charge on any atom is -0.508 e. The van der Waals surface area contributed by atoms with E-state index < -0.39 is 24.0 Å². The van der Waals surface area contributed by atoms with Gasteiger partial charge in [0.2, 0.25) is 0 Å². The highest BCUT2D eigenvalue weighted by Crippen LogP contribution is 2.62. The number of carbonyl (C=O) groups excluding carboxylic acids is 2. The molecule has 0 radical (unpaired) electrons. The third-order valence-corrected chi connectivity index (χ3v) is 6.69. The van der Waals surface area contributed by atoms with Gasteiger partial charge in [-0.3, -0.25) is 0 Å². The molecule has 6 nitrogen and oxygen atoms in total. The zero-order valence-electron chi connectivity index (χ0n) is 17.0. The number of Topliss-reactive ketones (excluding diaryl/α,β-unsaturated/α-hetero) is 1. The van der Waals surface area contributed by atoms with E-state index in [9.17, 15) is 19.8 Å². The average Bonchev–Trinajstić information content (AvgIpc) is 3.08. The molecule has 1 saturated carbocycles. The Balaban J connectivity index is 1.89. The highest BCUT2D eigenvalue weighted by atomic mass is 16.7. The Labute approximate surface area is 165 Å². The number of aromatic hydroxyl groups is 1. The van der Waals surface area contributed by atoms with Crippen LogP contribution in [0.3, 0.4) is 0 Å². The van der Waals surface area contributed by atoms with Gasteiger partial charge in [-0.1, -0.05) is 20.8 Å². The Morgan fingerprint density at radius 3 is 2.46 bits per heavy atom. The molecule has 28 heavy (non-hydrogen) atoms. The first-order valence-electron chi connectivity index (χ1n) is 9.94. The van der Waals surface area contributed by atoms with Gasteiger partial charge in [0.1, 0.15) is 11.5 Å². The van der Waals surface area contributed by atoms with Gasteiger partial charge in [0.25, 0.3) is 0 Å². The lowest BCUT2D eigenvalue weighted by Gasteiger charge is -2.39. The molecule has 1 aliphatic carbocycles. The molecular formula is C22H30O6. The zero-order valence-corrected chi connectivity index (χ0v) is 17.0. The molecule has 1 saturated heterocycles. The first-order valence-corrected chi connectivity index (χ1v) is 9.94. The Hall–Kier alpha value is -1.92. The van der Waals surface area contributed by atoms with Crippen LogP contribution in [-0.4, -0.2) is 40.0 Å². The minimum absolute atomic E-state index is 0.0622. The van der Waals surface area contributed by atoms with Crippen molar-refractivity contribution < 1.29 is 29.3 Å². The number of phenolic OH excluding ortho intramolecular Hbond substituents is 1. The number of ketones is 1. The van der Waals surface area contributed by atoms with Gasteiger partial charge in [-0.2, -0.15) is 0 Å². The van der Waals surface area contributed by atoms with Crippen LogP contribution in [0.25, 0.3) is 0 Å². The number of hydrogen-bond donors (Lipinski definition) is 2. The summed E-state index contributed by atoms with van der Waals surface area (Å²) in [5, 5.41) is 20.1. The second kappa shape index (κ2) is 7.48. The summed E-state index contributed by atoms with van der Waals surface area (Å²) in [5.74, 6) is -0.445. The molecule has 0 aromatic heterocycles. The molecule has 1 aromatic carbocycles. The van der Waals surface area contributed by atoms with Crippen LogP contribution in [-0.2, 0) is 14.3 Å². The van der Waals surface area contributed by atoms with E-state index in [-0.39, 0.29) is 28.8 Å². The molecule has 0 amide bonds. The van der Waals surface area contributed by atoms with Crippen LogP contribution >= 0.6 is 0 Å². The predicted octanol–water partition coefficient (Wildman–Crippen LogP) is 3.45. The Morgan fingerprint density at radius 1 is 1.25 bits per heavy atom. The molecule has 2 fully saturated rings. The summed E-state index contributed by atoms with van der Waals surface area (Å²) in [5.41, 5.74) is -0.548. The standard InChI is InChI=1S/C22H30O6/c1-13(2)22-12-11-21(4,10-9-14(3)23)18(22)17(20(26)28-22)27-19(25)15-5-7-16(24)8-6-15/h5-8,13,17-18,20,24,26H,9-12H2,1-4H3/t17-,18?,20-,21+,22-/m1/s1. The highest BCUT2D eigenvalue weighted by molar-refractivity contribution is 5.89. The van der Waals surface area contributed by atoms with E-state index in [0.29, 0.717) is 18.4 Å². The summed E-state index contributed by atoms with van der Waals surface area (Å²) >= 11 is 0. The lowest BCUT2D eigenvalue weighted by molar-refractivity contribution is -0.173. The topological polar surface area (TPSA) is 93.1 Å². The molecular weight excluding hydrogens is 360 g/mol. The third kappa shape index (κ3) is 3.55. The molecule has 1 heterocycles. The van der Waals surface area contributed by atoms with Crippen molar-refractivity contribution in [3.63, 3.8) is 0 Å². The summed E-state index contributed by atoms with van der Waals surface area (Å²) in [6, 6.07) is 5.81. The van der Waals surface area contributed by atoms with E-state index in [0.717, 1.165) is 12.8 Å². The quantitative estimate of drug-likeness (QED) is 0.723. The molecule has 1 aromatic rings. The SMILES string of the molecule is CC(=O)CC[C@@]1(C)CC[C@]2(C(C)C)O[C@@H](O)[C@H](OC(=O)c3ccc(O)cc3)C12. The van der Waals surface area contributed by atoms with Crippen molar-refractivity contribution >= 4 is 11.8 Å². The number of phenols is 1. The van der Waals surface area contributed by atoms with Gasteiger partial charge >= 0.3 is 5.97 Å². The third-order valence-electron chi connectivity index (χ3n) is 6.69. The minimum atomic E-state index is -1.20. The van der Waals surface area contributed by atoms with E-state index in [2.05, 4.69) is 20.8 Å². The van der Waals surface area contributed by atoms with E-state index in [1.165, 1.54) is 24.3 Å². The highest BCUT2D eigenvalue weighted by Gasteiger charge is 2.67. The van der Waals surface area contributed by atoms with Crippen molar-refractivity contribution in [3.8, 4) is 5.75 Å². The van der Waals surface area contributed by atoms with E-state index in [1.54, 1.807) is 6.92 Å². The van der Waals surface area contributed by atoms with Gasteiger partial charge in [-0.05, 0) is 61.8 Å². The number of benzene rings is 1. The maximum atomic E-state index is 12.7. The molecule has 6 heteroatoms. The van der Waals surface area contributed by atoms with Crippen molar-refractivity contribution in [1.82, 2.24) is 0 Å². The number of carbonyl (C=O) groups is 2. The van der Waals surface area contributed by atoms with Gasteiger partial charge in [0.05, 0.1) is 11.2 Å². The molecule has 5 atom stereocenters. The second-order valence-corrected chi connectivity index (χ2v) is 8.87. The van der Waals surface area contributed by atoms with Crippen LogP contribution in [0, 0.1) is 17.3 Å². The number of fused-ring (bicyclic) bond motifs is 1. The maximum Gasteiger partial charge on any atom is 0.338 e. The van der Waals surface area contributed by atoms with Crippen LogP contribution in [0.15, 0.2) is 24.3 Å². The summed E-state index contributed by atoms with van der Waals surface area (Å²) < 4.78 is 11.8. The summed E-state index contributed by atoms with van der Waals surface area (Å²) in [7, 11) is 0. The smallest absolute Gasteiger partial charge is 0.338 e. The molecule has 2 aliphatic rings. The number of ether oxygens (including phenoxy) is 2. The maximum absolute atomic E-state index is 12.7. The Kier molecular flexibility index (Phi) is 5.56. The van der Waals surface area contributed by atoms with Gasteiger partial charge in [0, 0.05) is 12.3 Å². The molecule has 1 aliphatic heterocycles. The molecule has 154 valence electrons. The van der Waals surface area contributed by atoms with Crippen LogP contribution in [0.2, 0.25) is 0 Å². The predicted molar refractivity (Wildman–Crippen MR) is 103 cm³/mol. The first kappa shape index (κ1) is 20.8. The summed E-state index contributed by atoms with van der Waals surface area (Å²) in [6.45, 7) is 7.80. The van der Waals surface area contributed by atoms with Crippen molar-refractivity contribution in [1.29, 1.82) is 0 Å². The monoisotopic (exact) mass is 390 g/mol. The van der Waals surface area contributed by atoms with Crippen LogP contribution in [0.1, 0.15) is 63.7 Å². The Morgan fingerprint density at radius 2 is 1.89 bits per heavy atom. The molecule has 0 spiro atoms. The number of aliphatic hydroxyl groups is 1. The van der Waals surface area contributed by atoms with Gasteiger partial charge < -0.3 is 24.5 Å². The number of esters is 1. The Bertz CT molecular complexity index is 742. The van der Waals surface area contributed by atoms with E-state index in [4.69, 9.17) is 9.47 Å². The normalized spacial score (nSPS) is 34.4. The summed E-state index contributed by atoms with van der Waals surface area (Å²) in [6.07, 6.45) is 0.728. The van der Waals surface area contributed by atoms with Crippen molar-refractivity contribution in [3.05, 3.63) is 29.8 Å². The lowest BCUT2D eigenvalue weighted by Crippen LogP contribution is -2.45. The van der Waals surface area contributed by atoms with Gasteiger partial charge in [-0.25, -0.2) is 4.79 Å². The van der Waals surface area contributed by atoms with Crippen LogP contribution < -0.4 is 0 Å². The fourth-order valence-corrected chi connectivity index (χ4v) is 5.09.